The van der Waals surface area contributed by atoms with Crippen LogP contribution in [-0.2, 0) is 0 Å². The molecule has 0 saturated carbocycles. The molecule has 1 aliphatic heterocycles. The van der Waals surface area contributed by atoms with E-state index in [4.69, 9.17) is 15.2 Å². The normalized spacial score (nSPS) is 14.2. The predicted octanol–water partition coefficient (Wildman–Crippen LogP) is 1.52. The van der Waals surface area contributed by atoms with E-state index < -0.39 is 5.82 Å². The minimum atomic E-state index is -0.590. The van der Waals surface area contributed by atoms with E-state index in [2.05, 4.69) is 0 Å². The van der Waals surface area contributed by atoms with E-state index in [9.17, 15) is 9.18 Å². The molecule has 0 spiro atoms. The second-order valence-electron chi connectivity index (χ2n) is 3.76. The van der Waals surface area contributed by atoms with Crippen molar-refractivity contribution in [3.05, 3.63) is 23.5 Å². The lowest BCUT2D eigenvalue weighted by Gasteiger charge is -2.12. The first-order chi connectivity index (χ1) is 8.24. The Morgan fingerprint density at radius 3 is 2.88 bits per heavy atom. The number of hydrogen-bond acceptors (Lipinski definition) is 4. The Labute approximate surface area is 98.5 Å². The topological polar surface area (TPSA) is 61.6 Å². The smallest absolute Gasteiger partial charge is 0.174 e. The SMILES string of the molecule is NCCC(=O)c1c(F)ccc2c1OCCCO2. The minimum absolute atomic E-state index is 0.0464. The third-order valence-corrected chi connectivity index (χ3v) is 2.51. The summed E-state index contributed by atoms with van der Waals surface area (Å²) in [7, 11) is 0. The van der Waals surface area contributed by atoms with E-state index in [1.165, 1.54) is 12.1 Å². The second-order valence-corrected chi connectivity index (χ2v) is 3.76. The van der Waals surface area contributed by atoms with Crippen molar-refractivity contribution in [2.45, 2.75) is 12.8 Å². The molecule has 4 nitrogen and oxygen atoms in total. The van der Waals surface area contributed by atoms with Crippen molar-refractivity contribution in [1.82, 2.24) is 0 Å². The highest BCUT2D eigenvalue weighted by molar-refractivity contribution is 5.99. The fourth-order valence-electron chi connectivity index (χ4n) is 1.73. The van der Waals surface area contributed by atoms with Gasteiger partial charge < -0.3 is 15.2 Å². The number of ketones is 1. The summed E-state index contributed by atoms with van der Waals surface area (Å²) in [6.07, 6.45) is 0.803. The summed E-state index contributed by atoms with van der Waals surface area (Å²) in [6, 6.07) is 2.70. The molecule has 0 aromatic heterocycles. The van der Waals surface area contributed by atoms with Crippen LogP contribution in [0.3, 0.4) is 0 Å². The molecular formula is C12H14FNO3. The molecule has 1 aliphatic rings. The van der Waals surface area contributed by atoms with Crippen molar-refractivity contribution in [2.75, 3.05) is 19.8 Å². The number of hydrogen-bond donors (Lipinski definition) is 1. The van der Waals surface area contributed by atoms with E-state index in [1.807, 2.05) is 0 Å². The molecule has 2 rings (SSSR count). The van der Waals surface area contributed by atoms with Gasteiger partial charge in [0.05, 0.1) is 18.8 Å². The Kier molecular flexibility index (Phi) is 3.58. The third-order valence-electron chi connectivity index (χ3n) is 2.51. The summed E-state index contributed by atoms with van der Waals surface area (Å²) >= 11 is 0. The number of carbonyl (C=O) groups excluding carboxylic acids is 1. The van der Waals surface area contributed by atoms with Crippen LogP contribution in [0.4, 0.5) is 4.39 Å². The first kappa shape index (κ1) is 11.9. The van der Waals surface area contributed by atoms with Gasteiger partial charge in [-0.05, 0) is 18.7 Å². The largest absolute Gasteiger partial charge is 0.490 e. The fourth-order valence-corrected chi connectivity index (χ4v) is 1.73. The van der Waals surface area contributed by atoms with Gasteiger partial charge in [0, 0.05) is 12.8 Å². The van der Waals surface area contributed by atoms with Crippen LogP contribution in [-0.4, -0.2) is 25.5 Å². The number of fused-ring (bicyclic) bond motifs is 1. The molecule has 1 aromatic carbocycles. The molecule has 1 heterocycles. The van der Waals surface area contributed by atoms with Crippen molar-refractivity contribution >= 4 is 5.78 Å². The first-order valence-corrected chi connectivity index (χ1v) is 5.55. The lowest BCUT2D eigenvalue weighted by Crippen LogP contribution is -2.12. The summed E-state index contributed by atoms with van der Waals surface area (Å²) in [6.45, 7) is 1.10. The van der Waals surface area contributed by atoms with E-state index in [1.54, 1.807) is 0 Å². The van der Waals surface area contributed by atoms with Crippen molar-refractivity contribution in [2.24, 2.45) is 5.73 Å². The predicted molar refractivity (Wildman–Crippen MR) is 60.0 cm³/mol. The standard InChI is InChI=1S/C12H14FNO3/c13-8-2-3-10-12(17-7-1-6-16-10)11(8)9(15)4-5-14/h2-3H,1,4-7,14H2. The summed E-state index contributed by atoms with van der Waals surface area (Å²) in [5.41, 5.74) is 5.26. The van der Waals surface area contributed by atoms with Gasteiger partial charge in [-0.25, -0.2) is 4.39 Å². The van der Waals surface area contributed by atoms with Gasteiger partial charge in [-0.2, -0.15) is 0 Å². The zero-order valence-corrected chi connectivity index (χ0v) is 9.37. The molecule has 0 radical (unpaired) electrons. The number of nitrogens with two attached hydrogens (primary N) is 1. The molecule has 17 heavy (non-hydrogen) atoms. The molecule has 92 valence electrons. The first-order valence-electron chi connectivity index (χ1n) is 5.55. The van der Waals surface area contributed by atoms with Gasteiger partial charge in [0.25, 0.3) is 0 Å². The Balaban J connectivity index is 2.45. The van der Waals surface area contributed by atoms with Gasteiger partial charge in [-0.15, -0.1) is 0 Å². The third kappa shape index (κ3) is 2.39. The Morgan fingerprint density at radius 1 is 1.35 bits per heavy atom. The maximum Gasteiger partial charge on any atom is 0.174 e. The summed E-state index contributed by atoms with van der Waals surface area (Å²) in [5.74, 6) is -0.315. The fraction of sp³-hybridized carbons (Fsp3) is 0.417. The highest BCUT2D eigenvalue weighted by Gasteiger charge is 2.23. The van der Waals surface area contributed by atoms with Crippen LogP contribution in [0, 0.1) is 5.82 Å². The average molecular weight is 239 g/mol. The van der Waals surface area contributed by atoms with Crippen LogP contribution in [0.2, 0.25) is 0 Å². The Hall–Kier alpha value is -1.62. The highest BCUT2D eigenvalue weighted by Crippen LogP contribution is 2.35. The molecule has 0 aliphatic carbocycles. The number of Topliss-reactive ketones (excluding diaryl/α,β-unsaturated/α-hetero) is 1. The van der Waals surface area contributed by atoms with Gasteiger partial charge in [-0.3, -0.25) is 4.79 Å². The molecule has 0 fully saturated rings. The van der Waals surface area contributed by atoms with Crippen molar-refractivity contribution in [1.29, 1.82) is 0 Å². The molecule has 0 bridgehead atoms. The van der Waals surface area contributed by atoms with Crippen LogP contribution in [0.1, 0.15) is 23.2 Å². The maximum atomic E-state index is 13.7. The number of benzene rings is 1. The number of carbonyl (C=O) groups is 1. The molecule has 5 heteroatoms. The van der Waals surface area contributed by atoms with Crippen LogP contribution in [0.15, 0.2) is 12.1 Å². The Bertz CT molecular complexity index is 434. The highest BCUT2D eigenvalue weighted by atomic mass is 19.1. The second kappa shape index (κ2) is 5.14. The van der Waals surface area contributed by atoms with Gasteiger partial charge in [-0.1, -0.05) is 0 Å². The van der Waals surface area contributed by atoms with E-state index in [0.717, 1.165) is 0 Å². The Morgan fingerprint density at radius 2 is 2.12 bits per heavy atom. The lowest BCUT2D eigenvalue weighted by atomic mass is 10.1. The molecule has 1 aromatic rings. The van der Waals surface area contributed by atoms with Crippen LogP contribution < -0.4 is 15.2 Å². The van der Waals surface area contributed by atoms with Gasteiger partial charge >= 0.3 is 0 Å². The molecule has 0 unspecified atom stereocenters. The molecule has 0 amide bonds. The molecule has 2 N–H and O–H groups in total. The van der Waals surface area contributed by atoms with Crippen molar-refractivity contribution in [3.63, 3.8) is 0 Å². The van der Waals surface area contributed by atoms with E-state index >= 15 is 0 Å². The zero-order chi connectivity index (χ0) is 12.3. The van der Waals surface area contributed by atoms with Gasteiger partial charge in [0.2, 0.25) is 0 Å². The molecular weight excluding hydrogens is 225 g/mol. The quantitative estimate of drug-likeness (QED) is 0.812. The lowest BCUT2D eigenvalue weighted by molar-refractivity contribution is 0.0977. The number of halogens is 1. The van der Waals surface area contributed by atoms with E-state index in [-0.39, 0.29) is 30.1 Å². The van der Waals surface area contributed by atoms with Crippen LogP contribution >= 0.6 is 0 Å². The monoisotopic (exact) mass is 239 g/mol. The van der Waals surface area contributed by atoms with E-state index in [0.29, 0.717) is 25.4 Å². The summed E-state index contributed by atoms with van der Waals surface area (Å²) in [4.78, 5) is 11.8. The summed E-state index contributed by atoms with van der Waals surface area (Å²) < 4.78 is 24.5. The molecule has 0 atom stereocenters. The summed E-state index contributed by atoms with van der Waals surface area (Å²) in [5, 5.41) is 0. The van der Waals surface area contributed by atoms with Crippen LogP contribution in [0.25, 0.3) is 0 Å². The van der Waals surface area contributed by atoms with Gasteiger partial charge in [0.15, 0.2) is 17.3 Å². The molecule has 0 saturated heterocycles. The average Bonchev–Trinajstić information content (AvgIpc) is 2.54. The van der Waals surface area contributed by atoms with Crippen molar-refractivity contribution < 1.29 is 18.7 Å². The zero-order valence-electron chi connectivity index (χ0n) is 9.37. The van der Waals surface area contributed by atoms with Crippen molar-refractivity contribution in [3.8, 4) is 11.5 Å². The minimum Gasteiger partial charge on any atom is -0.490 e. The van der Waals surface area contributed by atoms with Crippen LogP contribution in [0.5, 0.6) is 11.5 Å². The number of ether oxygens (including phenoxy) is 2. The number of rotatable bonds is 3. The van der Waals surface area contributed by atoms with Gasteiger partial charge in [0.1, 0.15) is 5.82 Å². The maximum absolute atomic E-state index is 13.7.